The maximum atomic E-state index is 11.8. The Balaban J connectivity index is 2.01. The molecule has 0 atom stereocenters. The molecule has 4 nitrogen and oxygen atoms in total. The van der Waals surface area contributed by atoms with E-state index in [1.807, 2.05) is 41.8 Å². The molecule has 0 N–H and O–H groups in total. The fraction of sp³-hybridized carbons (Fsp3) is 0.188. The number of hydrogen-bond donors (Lipinski definition) is 0. The lowest BCUT2D eigenvalue weighted by Crippen LogP contribution is -2.23. The van der Waals surface area contributed by atoms with Gasteiger partial charge in [0.2, 0.25) is 5.91 Å². The van der Waals surface area contributed by atoms with E-state index in [1.165, 1.54) is 11.8 Å². The number of amides is 1. The summed E-state index contributed by atoms with van der Waals surface area (Å²) in [5, 5.41) is 3.85. The molecule has 3 aromatic rings. The Morgan fingerprint density at radius 3 is 2.73 bits per heavy atom. The van der Waals surface area contributed by atoms with E-state index >= 15 is 0 Å². The van der Waals surface area contributed by atoms with Gasteiger partial charge in [0.05, 0.1) is 16.1 Å². The summed E-state index contributed by atoms with van der Waals surface area (Å²) < 4.78 is 0. The normalized spacial score (nSPS) is 10.8. The van der Waals surface area contributed by atoms with Crippen molar-refractivity contribution in [2.75, 3.05) is 19.8 Å². The van der Waals surface area contributed by atoms with Crippen molar-refractivity contribution in [2.45, 2.75) is 5.03 Å². The van der Waals surface area contributed by atoms with Crippen molar-refractivity contribution in [3.63, 3.8) is 0 Å². The molecule has 1 aromatic carbocycles. The van der Waals surface area contributed by atoms with Gasteiger partial charge in [-0.15, -0.1) is 11.3 Å². The summed E-state index contributed by atoms with van der Waals surface area (Å²) in [4.78, 5) is 23.8. The highest BCUT2D eigenvalue weighted by molar-refractivity contribution is 8.00. The summed E-state index contributed by atoms with van der Waals surface area (Å²) in [5.41, 5.74) is 0.903. The summed E-state index contributed by atoms with van der Waals surface area (Å²) in [6.45, 7) is 0. The van der Waals surface area contributed by atoms with Crippen LogP contribution in [0.25, 0.3) is 21.6 Å². The van der Waals surface area contributed by atoms with Gasteiger partial charge in [-0.25, -0.2) is 9.97 Å². The number of para-hydroxylation sites is 1. The number of aromatic nitrogens is 2. The van der Waals surface area contributed by atoms with E-state index < -0.39 is 0 Å². The molecule has 22 heavy (non-hydrogen) atoms. The van der Waals surface area contributed by atoms with Crippen LogP contribution in [0.15, 0.2) is 46.8 Å². The summed E-state index contributed by atoms with van der Waals surface area (Å²) in [5.74, 6) is 1.16. The van der Waals surface area contributed by atoms with Crippen LogP contribution in [0.3, 0.4) is 0 Å². The van der Waals surface area contributed by atoms with Crippen LogP contribution >= 0.6 is 23.1 Å². The zero-order chi connectivity index (χ0) is 15.5. The molecule has 3 rings (SSSR count). The molecular weight excluding hydrogens is 314 g/mol. The third kappa shape index (κ3) is 3.13. The monoisotopic (exact) mass is 329 g/mol. The number of carbonyl (C=O) groups is 1. The number of carbonyl (C=O) groups excluding carboxylic acids is 1. The molecule has 0 unspecified atom stereocenters. The average molecular weight is 329 g/mol. The van der Waals surface area contributed by atoms with Gasteiger partial charge in [0.1, 0.15) is 5.03 Å². The summed E-state index contributed by atoms with van der Waals surface area (Å²) >= 11 is 3.07. The van der Waals surface area contributed by atoms with Gasteiger partial charge < -0.3 is 4.90 Å². The number of hydrogen-bond acceptors (Lipinski definition) is 5. The van der Waals surface area contributed by atoms with Gasteiger partial charge in [0, 0.05) is 19.5 Å². The standard InChI is InChI=1S/C16H15N3OS2/c1-19(2)14(20)10-22-16-11-6-3-4-7-12(11)17-15(18-16)13-8-5-9-21-13/h3-9H,10H2,1-2H3. The number of benzene rings is 1. The van der Waals surface area contributed by atoms with Gasteiger partial charge in [0.15, 0.2) is 5.82 Å². The lowest BCUT2D eigenvalue weighted by Gasteiger charge is -2.11. The van der Waals surface area contributed by atoms with Crippen LogP contribution in [0.2, 0.25) is 0 Å². The van der Waals surface area contributed by atoms with Gasteiger partial charge in [-0.1, -0.05) is 36.0 Å². The van der Waals surface area contributed by atoms with E-state index in [2.05, 4.69) is 9.97 Å². The molecule has 0 saturated heterocycles. The Bertz CT molecular complexity index is 800. The minimum absolute atomic E-state index is 0.0744. The van der Waals surface area contributed by atoms with Gasteiger partial charge in [-0.05, 0) is 17.5 Å². The second-order valence-electron chi connectivity index (χ2n) is 4.92. The molecule has 6 heteroatoms. The third-order valence-corrected chi connectivity index (χ3v) is 4.98. The largest absolute Gasteiger partial charge is 0.348 e. The molecular formula is C16H15N3OS2. The van der Waals surface area contributed by atoms with Crippen molar-refractivity contribution in [1.29, 1.82) is 0 Å². The van der Waals surface area contributed by atoms with E-state index in [4.69, 9.17) is 0 Å². The van der Waals surface area contributed by atoms with Crippen molar-refractivity contribution in [2.24, 2.45) is 0 Å². The number of thioether (sulfide) groups is 1. The molecule has 1 amide bonds. The average Bonchev–Trinajstić information content (AvgIpc) is 3.06. The first-order valence-electron chi connectivity index (χ1n) is 6.79. The topological polar surface area (TPSA) is 46.1 Å². The predicted octanol–water partition coefficient (Wildman–Crippen LogP) is 3.54. The van der Waals surface area contributed by atoms with Gasteiger partial charge in [-0.2, -0.15) is 0 Å². The van der Waals surface area contributed by atoms with Crippen molar-refractivity contribution >= 4 is 39.9 Å². The third-order valence-electron chi connectivity index (χ3n) is 3.14. The summed E-state index contributed by atoms with van der Waals surface area (Å²) in [6.07, 6.45) is 0. The Morgan fingerprint density at radius 2 is 2.00 bits per heavy atom. The molecule has 0 spiro atoms. The fourth-order valence-electron chi connectivity index (χ4n) is 1.93. The van der Waals surface area contributed by atoms with E-state index in [0.717, 1.165) is 20.8 Å². The number of nitrogens with zero attached hydrogens (tertiary/aromatic N) is 3. The van der Waals surface area contributed by atoms with Crippen molar-refractivity contribution in [3.05, 3.63) is 41.8 Å². The molecule has 0 aliphatic rings. The number of thiophene rings is 1. The van der Waals surface area contributed by atoms with E-state index in [9.17, 15) is 4.79 Å². The number of rotatable bonds is 4. The first-order chi connectivity index (χ1) is 10.6. The van der Waals surface area contributed by atoms with Crippen molar-refractivity contribution < 1.29 is 4.79 Å². The van der Waals surface area contributed by atoms with Gasteiger partial charge in [0.25, 0.3) is 0 Å². The van der Waals surface area contributed by atoms with E-state index in [-0.39, 0.29) is 5.91 Å². The highest BCUT2D eigenvalue weighted by Gasteiger charge is 2.12. The molecule has 0 bridgehead atoms. The second kappa shape index (κ2) is 6.46. The van der Waals surface area contributed by atoms with Crippen LogP contribution < -0.4 is 0 Å². The maximum absolute atomic E-state index is 11.8. The smallest absolute Gasteiger partial charge is 0.232 e. The molecule has 0 saturated carbocycles. The Labute approximate surface area is 137 Å². The molecule has 0 aliphatic carbocycles. The zero-order valence-electron chi connectivity index (χ0n) is 12.3. The van der Waals surface area contributed by atoms with Crippen molar-refractivity contribution in [3.8, 4) is 10.7 Å². The Kier molecular flexibility index (Phi) is 4.40. The highest BCUT2D eigenvalue weighted by Crippen LogP contribution is 2.29. The van der Waals surface area contributed by atoms with Crippen LogP contribution in [0, 0.1) is 0 Å². The van der Waals surface area contributed by atoms with Gasteiger partial charge >= 0.3 is 0 Å². The minimum atomic E-state index is 0.0744. The quantitative estimate of drug-likeness (QED) is 0.542. The van der Waals surface area contributed by atoms with Crippen LogP contribution in [-0.4, -0.2) is 40.6 Å². The SMILES string of the molecule is CN(C)C(=O)CSc1nc(-c2cccs2)nc2ccccc12. The molecule has 2 aromatic heterocycles. The van der Waals surface area contributed by atoms with Gasteiger partial charge in [-0.3, -0.25) is 4.79 Å². The van der Waals surface area contributed by atoms with E-state index in [0.29, 0.717) is 11.6 Å². The first-order valence-corrected chi connectivity index (χ1v) is 8.65. The van der Waals surface area contributed by atoms with Crippen molar-refractivity contribution in [1.82, 2.24) is 14.9 Å². The second-order valence-corrected chi connectivity index (χ2v) is 6.84. The maximum Gasteiger partial charge on any atom is 0.232 e. The molecule has 0 radical (unpaired) electrons. The Hall–Kier alpha value is -1.92. The predicted molar refractivity (Wildman–Crippen MR) is 92.3 cm³/mol. The lowest BCUT2D eigenvalue weighted by atomic mass is 10.2. The van der Waals surface area contributed by atoms with Crippen LogP contribution in [0.1, 0.15) is 0 Å². The minimum Gasteiger partial charge on any atom is -0.348 e. The number of fused-ring (bicyclic) bond motifs is 1. The molecule has 2 heterocycles. The summed E-state index contributed by atoms with van der Waals surface area (Å²) in [6, 6.07) is 11.9. The first kappa shape index (κ1) is 15.0. The fourth-order valence-corrected chi connectivity index (χ4v) is 3.59. The summed E-state index contributed by atoms with van der Waals surface area (Å²) in [7, 11) is 3.52. The lowest BCUT2D eigenvalue weighted by molar-refractivity contribution is -0.125. The zero-order valence-corrected chi connectivity index (χ0v) is 13.9. The van der Waals surface area contributed by atoms with Crippen LogP contribution in [0.4, 0.5) is 0 Å². The molecule has 112 valence electrons. The highest BCUT2D eigenvalue weighted by atomic mass is 32.2. The van der Waals surface area contributed by atoms with Crippen LogP contribution in [-0.2, 0) is 4.79 Å². The van der Waals surface area contributed by atoms with Crippen LogP contribution in [0.5, 0.6) is 0 Å². The molecule has 0 aliphatic heterocycles. The Morgan fingerprint density at radius 1 is 1.18 bits per heavy atom. The molecule has 0 fully saturated rings. The van der Waals surface area contributed by atoms with E-state index in [1.54, 1.807) is 30.3 Å².